The largest absolute Gasteiger partial charge is 0.279 e. The zero-order chi connectivity index (χ0) is 19.8. The topological polar surface area (TPSA) is 34.9 Å². The molecule has 0 aliphatic heterocycles. The Balaban J connectivity index is 1.79. The lowest BCUT2D eigenvalue weighted by molar-refractivity contribution is 0.352. The molecule has 3 nitrogen and oxygen atoms in total. The van der Waals surface area contributed by atoms with Crippen molar-refractivity contribution in [3.63, 3.8) is 0 Å². The van der Waals surface area contributed by atoms with Crippen molar-refractivity contribution in [2.45, 2.75) is 45.4 Å². The predicted molar refractivity (Wildman–Crippen MR) is 120 cm³/mol. The van der Waals surface area contributed by atoms with E-state index in [2.05, 4.69) is 29.2 Å². The van der Waals surface area contributed by atoms with Gasteiger partial charge in [-0.15, -0.1) is 0 Å². The molecular formula is C26H26N2O. The van der Waals surface area contributed by atoms with Crippen LogP contribution < -0.4 is 5.56 Å². The summed E-state index contributed by atoms with van der Waals surface area (Å²) in [6.45, 7) is 2.02. The molecule has 146 valence electrons. The average Bonchev–Trinajstić information content (AvgIpc) is 2.74. The van der Waals surface area contributed by atoms with Crippen LogP contribution in [0.1, 0.15) is 43.4 Å². The number of pyridine rings is 2. The Hall–Kier alpha value is -2.94. The molecule has 4 aromatic rings. The maximum Gasteiger partial charge on any atom is 0.263 e. The SMILES string of the molecule is Cc1cccc2cc(CC3CCCCC3)n(-c3cccc4cccnc34)c(=O)c12. The summed E-state index contributed by atoms with van der Waals surface area (Å²) in [6, 6.07) is 18.5. The van der Waals surface area contributed by atoms with Crippen LogP contribution in [0.3, 0.4) is 0 Å². The number of para-hydroxylation sites is 1. The van der Waals surface area contributed by atoms with E-state index in [-0.39, 0.29) is 5.56 Å². The van der Waals surface area contributed by atoms with Gasteiger partial charge in [-0.2, -0.15) is 0 Å². The molecule has 1 fully saturated rings. The van der Waals surface area contributed by atoms with Gasteiger partial charge in [0.2, 0.25) is 0 Å². The third-order valence-electron chi connectivity index (χ3n) is 6.41. The first kappa shape index (κ1) is 18.1. The highest BCUT2D eigenvalue weighted by atomic mass is 16.1. The number of nitrogens with zero attached hydrogens (tertiary/aromatic N) is 2. The van der Waals surface area contributed by atoms with Crippen LogP contribution in [-0.2, 0) is 6.42 Å². The van der Waals surface area contributed by atoms with Crippen molar-refractivity contribution in [3.05, 3.63) is 82.4 Å². The van der Waals surface area contributed by atoms with Crippen LogP contribution in [0.4, 0.5) is 0 Å². The monoisotopic (exact) mass is 382 g/mol. The van der Waals surface area contributed by atoms with E-state index in [9.17, 15) is 4.79 Å². The number of aryl methyl sites for hydroxylation is 1. The predicted octanol–water partition coefficient (Wildman–Crippen LogP) is 5.97. The molecule has 0 unspecified atom stereocenters. The summed E-state index contributed by atoms with van der Waals surface area (Å²) in [4.78, 5) is 18.4. The quantitative estimate of drug-likeness (QED) is 0.437. The average molecular weight is 383 g/mol. The highest BCUT2D eigenvalue weighted by molar-refractivity contribution is 5.89. The van der Waals surface area contributed by atoms with Crippen LogP contribution in [0.15, 0.2) is 65.6 Å². The maximum absolute atomic E-state index is 13.8. The molecule has 5 rings (SSSR count). The minimum Gasteiger partial charge on any atom is -0.279 e. The molecule has 2 aromatic carbocycles. The molecule has 2 aromatic heterocycles. The van der Waals surface area contributed by atoms with E-state index in [0.29, 0.717) is 5.92 Å². The van der Waals surface area contributed by atoms with Crippen molar-refractivity contribution >= 4 is 21.7 Å². The van der Waals surface area contributed by atoms with E-state index in [1.165, 1.54) is 32.1 Å². The molecule has 1 aliphatic rings. The second-order valence-electron chi connectivity index (χ2n) is 8.38. The van der Waals surface area contributed by atoms with Gasteiger partial charge in [-0.3, -0.25) is 14.3 Å². The van der Waals surface area contributed by atoms with E-state index in [0.717, 1.165) is 45.0 Å². The summed E-state index contributed by atoms with van der Waals surface area (Å²) in [7, 11) is 0. The van der Waals surface area contributed by atoms with Crippen molar-refractivity contribution in [2.24, 2.45) is 5.92 Å². The minimum absolute atomic E-state index is 0.0737. The fourth-order valence-electron chi connectivity index (χ4n) is 4.96. The first-order valence-corrected chi connectivity index (χ1v) is 10.7. The summed E-state index contributed by atoms with van der Waals surface area (Å²) >= 11 is 0. The third-order valence-corrected chi connectivity index (χ3v) is 6.41. The van der Waals surface area contributed by atoms with E-state index in [4.69, 9.17) is 0 Å². The molecule has 0 N–H and O–H groups in total. The van der Waals surface area contributed by atoms with Crippen LogP contribution in [-0.4, -0.2) is 9.55 Å². The summed E-state index contributed by atoms with van der Waals surface area (Å²) in [5.74, 6) is 0.652. The molecule has 0 amide bonds. The molecule has 1 aliphatic carbocycles. The van der Waals surface area contributed by atoms with Gasteiger partial charge in [-0.25, -0.2) is 0 Å². The fraction of sp³-hybridized carbons (Fsp3) is 0.308. The lowest BCUT2D eigenvalue weighted by Crippen LogP contribution is -2.25. The standard InChI is InChI=1S/C26H26N2O/c1-18-8-5-12-21-17-22(16-19-9-3-2-4-10-19)28(26(29)24(18)21)23-14-6-11-20-13-7-15-27-25(20)23/h5-8,11-15,17,19H,2-4,9-10,16H2,1H3. The van der Waals surface area contributed by atoms with Gasteiger partial charge in [-0.05, 0) is 48.4 Å². The number of rotatable bonds is 3. The zero-order valence-corrected chi connectivity index (χ0v) is 16.9. The Morgan fingerprint density at radius 1 is 0.966 bits per heavy atom. The second-order valence-corrected chi connectivity index (χ2v) is 8.38. The molecule has 1 saturated carbocycles. The van der Waals surface area contributed by atoms with Gasteiger partial charge in [0, 0.05) is 17.3 Å². The molecular weight excluding hydrogens is 356 g/mol. The Labute approximate surface area is 171 Å². The van der Waals surface area contributed by atoms with Gasteiger partial charge >= 0.3 is 0 Å². The number of hydrogen-bond donors (Lipinski definition) is 0. The lowest BCUT2D eigenvalue weighted by Gasteiger charge is -2.24. The molecule has 0 atom stereocenters. The molecule has 29 heavy (non-hydrogen) atoms. The van der Waals surface area contributed by atoms with E-state index >= 15 is 0 Å². The molecule has 2 heterocycles. The number of aromatic nitrogens is 2. The van der Waals surface area contributed by atoms with Crippen molar-refractivity contribution in [3.8, 4) is 5.69 Å². The van der Waals surface area contributed by atoms with Crippen LogP contribution in [0.2, 0.25) is 0 Å². The summed E-state index contributed by atoms with van der Waals surface area (Å²) in [5.41, 5.74) is 3.99. The molecule has 0 radical (unpaired) electrons. The summed E-state index contributed by atoms with van der Waals surface area (Å²) in [6.07, 6.45) is 9.22. The zero-order valence-electron chi connectivity index (χ0n) is 16.9. The number of fused-ring (bicyclic) bond motifs is 2. The van der Waals surface area contributed by atoms with E-state index < -0.39 is 0 Å². The van der Waals surface area contributed by atoms with Crippen molar-refractivity contribution in [1.82, 2.24) is 9.55 Å². The Kier molecular flexibility index (Phi) is 4.67. The van der Waals surface area contributed by atoms with Gasteiger partial charge in [0.1, 0.15) is 0 Å². The van der Waals surface area contributed by atoms with Gasteiger partial charge in [0.05, 0.1) is 16.6 Å². The van der Waals surface area contributed by atoms with Gasteiger partial charge < -0.3 is 0 Å². The third kappa shape index (κ3) is 3.25. The number of benzene rings is 2. The number of hydrogen-bond acceptors (Lipinski definition) is 2. The summed E-state index contributed by atoms with van der Waals surface area (Å²) in [5, 5.41) is 2.92. The Morgan fingerprint density at radius 2 is 1.72 bits per heavy atom. The van der Waals surface area contributed by atoms with E-state index in [1.54, 1.807) is 0 Å². The summed E-state index contributed by atoms with van der Waals surface area (Å²) < 4.78 is 1.94. The van der Waals surface area contributed by atoms with Crippen molar-refractivity contribution < 1.29 is 0 Å². The van der Waals surface area contributed by atoms with Crippen LogP contribution in [0.25, 0.3) is 27.4 Å². The van der Waals surface area contributed by atoms with Crippen LogP contribution >= 0.6 is 0 Å². The molecule has 0 saturated heterocycles. The van der Waals surface area contributed by atoms with E-state index in [1.807, 2.05) is 48.0 Å². The highest BCUT2D eigenvalue weighted by Crippen LogP contribution is 2.30. The Bertz CT molecular complexity index is 1240. The van der Waals surface area contributed by atoms with Gasteiger partial charge in [-0.1, -0.05) is 68.5 Å². The fourth-order valence-corrected chi connectivity index (χ4v) is 4.96. The highest BCUT2D eigenvalue weighted by Gasteiger charge is 2.20. The second kappa shape index (κ2) is 7.47. The first-order valence-electron chi connectivity index (χ1n) is 10.7. The smallest absolute Gasteiger partial charge is 0.263 e. The van der Waals surface area contributed by atoms with Gasteiger partial charge in [0.15, 0.2) is 0 Å². The first-order chi connectivity index (χ1) is 14.2. The molecule has 0 bridgehead atoms. The van der Waals surface area contributed by atoms with Crippen LogP contribution in [0, 0.1) is 12.8 Å². The molecule has 0 spiro atoms. The minimum atomic E-state index is 0.0737. The van der Waals surface area contributed by atoms with Crippen molar-refractivity contribution in [2.75, 3.05) is 0 Å². The Morgan fingerprint density at radius 3 is 2.59 bits per heavy atom. The lowest BCUT2D eigenvalue weighted by atomic mass is 9.85. The van der Waals surface area contributed by atoms with Crippen molar-refractivity contribution in [1.29, 1.82) is 0 Å². The molecule has 3 heteroatoms. The normalized spacial score (nSPS) is 15.2. The van der Waals surface area contributed by atoms with Crippen LogP contribution in [0.5, 0.6) is 0 Å². The van der Waals surface area contributed by atoms with Gasteiger partial charge in [0.25, 0.3) is 5.56 Å². The maximum atomic E-state index is 13.8.